The van der Waals surface area contributed by atoms with Gasteiger partial charge in [0.05, 0.1) is 34.0 Å². The largest absolute Gasteiger partial charge is 0.489 e. The van der Waals surface area contributed by atoms with E-state index in [0.717, 1.165) is 35.5 Å². The van der Waals surface area contributed by atoms with Crippen molar-refractivity contribution in [1.82, 2.24) is 24.4 Å². The second-order valence-corrected chi connectivity index (χ2v) is 17.4. The van der Waals surface area contributed by atoms with Gasteiger partial charge in [0.15, 0.2) is 9.84 Å². The van der Waals surface area contributed by atoms with Crippen molar-refractivity contribution in [2.24, 2.45) is 5.92 Å². The van der Waals surface area contributed by atoms with E-state index in [9.17, 15) is 13.2 Å². The number of aryl methyl sites for hydroxylation is 1. The van der Waals surface area contributed by atoms with E-state index in [1.807, 2.05) is 31.0 Å². The zero-order chi connectivity index (χ0) is 36.2. The van der Waals surface area contributed by atoms with Gasteiger partial charge in [-0.1, -0.05) is 26.0 Å². The molecule has 4 heterocycles. The molecule has 3 aliphatic rings. The first kappa shape index (κ1) is 34.8. The van der Waals surface area contributed by atoms with Crippen LogP contribution in [0.15, 0.2) is 60.0 Å². The van der Waals surface area contributed by atoms with E-state index in [1.54, 1.807) is 49.1 Å². The zero-order valence-electron chi connectivity index (χ0n) is 30.4. The number of nitrogens with zero attached hydrogens (tertiary/aromatic N) is 5. The van der Waals surface area contributed by atoms with Crippen molar-refractivity contribution in [1.29, 1.82) is 0 Å². The molecule has 1 amide bonds. The Morgan fingerprint density at radius 2 is 1.82 bits per heavy atom. The molecule has 1 saturated heterocycles. The number of aromatic nitrogens is 4. The van der Waals surface area contributed by atoms with Crippen molar-refractivity contribution < 1.29 is 17.9 Å². The van der Waals surface area contributed by atoms with Crippen molar-refractivity contribution in [2.45, 2.75) is 101 Å². The summed E-state index contributed by atoms with van der Waals surface area (Å²) in [5.74, 6) is 3.16. The molecule has 4 aromatic rings. The van der Waals surface area contributed by atoms with Crippen LogP contribution in [0.4, 0.5) is 29.0 Å². The molecule has 2 aliphatic heterocycles. The van der Waals surface area contributed by atoms with Gasteiger partial charge in [-0.15, -0.1) is 0 Å². The number of piperidine rings is 1. The summed E-state index contributed by atoms with van der Waals surface area (Å²) >= 11 is 0. The number of nitrogens with one attached hydrogen (secondary N) is 3. The molecule has 12 nitrogen and oxygen atoms in total. The Morgan fingerprint density at radius 1 is 1.08 bits per heavy atom. The fraction of sp³-hybridized carbons (Fsp3) is 0.474. The summed E-state index contributed by atoms with van der Waals surface area (Å²) < 4.78 is 34.9. The Balaban J connectivity index is 1.18. The maximum atomic E-state index is 13.3. The minimum absolute atomic E-state index is 0.0726. The molecular weight excluding hydrogens is 665 g/mol. The number of sulfone groups is 1. The molecule has 1 saturated carbocycles. The van der Waals surface area contributed by atoms with Gasteiger partial charge in [0.1, 0.15) is 23.9 Å². The fourth-order valence-corrected chi connectivity index (χ4v) is 8.95. The van der Waals surface area contributed by atoms with Gasteiger partial charge in [0.25, 0.3) is 0 Å². The number of hydrogen-bond donors (Lipinski definition) is 3. The standard InChI is InChI=1S/C38H48N8O4S/c1-22(2)50-30-19-27(26-12-15-46(16-13-26)32(47)20-45-17-14-39-21-45)24(5)18-29(30)41-37-43-35(33-36(44-37)42-34-25(6)38(33,34)7)40-28-10-8-9-11-31(28)51(48,49)23(3)4/h8-11,14,17-19,21-23,25-26,34H,12-13,15-16,20H2,1-7H3,(H3,40,41,42,43,44). The number of likely N-dealkylation sites (tertiary alicyclic amines) is 1. The maximum absolute atomic E-state index is 13.3. The van der Waals surface area contributed by atoms with Crippen LogP contribution in [-0.2, 0) is 26.6 Å². The third-order valence-corrected chi connectivity index (χ3v) is 13.1. The van der Waals surface area contributed by atoms with E-state index in [0.29, 0.717) is 54.7 Å². The first-order chi connectivity index (χ1) is 24.3. The average Bonchev–Trinajstić information content (AvgIpc) is 3.44. The molecule has 2 aromatic carbocycles. The topological polar surface area (TPSA) is 143 Å². The summed E-state index contributed by atoms with van der Waals surface area (Å²) in [5.41, 5.74) is 4.34. The highest BCUT2D eigenvalue weighted by Crippen LogP contribution is 2.63. The van der Waals surface area contributed by atoms with Crippen LogP contribution in [0.25, 0.3) is 0 Å². The predicted octanol–water partition coefficient (Wildman–Crippen LogP) is 6.55. The average molecular weight is 713 g/mol. The summed E-state index contributed by atoms with van der Waals surface area (Å²) in [6, 6.07) is 11.4. The van der Waals surface area contributed by atoms with Crippen LogP contribution in [-0.4, -0.2) is 69.2 Å². The lowest BCUT2D eigenvalue weighted by Gasteiger charge is -2.33. The summed E-state index contributed by atoms with van der Waals surface area (Å²) in [5, 5.41) is 9.90. The molecule has 51 heavy (non-hydrogen) atoms. The highest BCUT2D eigenvalue weighted by Gasteiger charge is 2.66. The minimum Gasteiger partial charge on any atom is -0.489 e. The van der Waals surface area contributed by atoms with Crippen molar-refractivity contribution in [3.8, 4) is 5.75 Å². The number of ether oxygens (including phenoxy) is 1. The van der Waals surface area contributed by atoms with Crippen LogP contribution >= 0.6 is 0 Å². The number of amides is 1. The highest BCUT2D eigenvalue weighted by molar-refractivity contribution is 7.92. The number of anilines is 5. The Bertz CT molecular complexity index is 2060. The summed E-state index contributed by atoms with van der Waals surface area (Å²) in [4.78, 5) is 29.1. The molecule has 3 unspecified atom stereocenters. The van der Waals surface area contributed by atoms with Gasteiger partial charge in [0, 0.05) is 42.5 Å². The minimum atomic E-state index is -3.56. The highest BCUT2D eigenvalue weighted by atomic mass is 32.2. The molecule has 0 bridgehead atoms. The van der Waals surface area contributed by atoms with Crippen molar-refractivity contribution >= 4 is 44.7 Å². The number of carbonyl (C=O) groups excluding carboxylic acids is 1. The van der Waals surface area contributed by atoms with E-state index in [4.69, 9.17) is 14.7 Å². The summed E-state index contributed by atoms with van der Waals surface area (Å²) in [7, 11) is -3.56. The van der Waals surface area contributed by atoms with Gasteiger partial charge in [0.2, 0.25) is 11.9 Å². The van der Waals surface area contributed by atoms with Crippen LogP contribution in [0.3, 0.4) is 0 Å². The van der Waals surface area contributed by atoms with E-state index in [-0.39, 0.29) is 28.4 Å². The number of hydrogen-bond acceptors (Lipinski definition) is 10. The molecule has 7 rings (SSSR count). The number of benzene rings is 2. The van der Waals surface area contributed by atoms with E-state index in [1.165, 1.54) is 5.56 Å². The van der Waals surface area contributed by atoms with Crippen LogP contribution in [0.2, 0.25) is 0 Å². The lowest BCUT2D eigenvalue weighted by atomic mass is 9.86. The number of rotatable bonds is 11. The van der Waals surface area contributed by atoms with E-state index >= 15 is 0 Å². The normalized spacial score (nSPS) is 21.3. The Morgan fingerprint density at radius 3 is 2.51 bits per heavy atom. The van der Waals surface area contributed by atoms with Crippen LogP contribution < -0.4 is 20.7 Å². The van der Waals surface area contributed by atoms with Crippen molar-refractivity contribution in [3.05, 3.63) is 71.8 Å². The molecule has 2 fully saturated rings. The number of fused-ring (bicyclic) bond motifs is 3. The SMILES string of the molecule is Cc1cc(Nc2nc(Nc3ccccc3S(=O)(=O)C(C)C)c3c(n2)NC2C(C)C32C)c(OC(C)C)cc1C1CCN(C(=O)Cn2ccnc2)CC1. The molecule has 3 N–H and O–H groups in total. The predicted molar refractivity (Wildman–Crippen MR) is 199 cm³/mol. The van der Waals surface area contributed by atoms with Crippen LogP contribution in [0.1, 0.15) is 77.0 Å². The van der Waals surface area contributed by atoms with Gasteiger partial charge in [-0.25, -0.2) is 13.4 Å². The van der Waals surface area contributed by atoms with Gasteiger partial charge in [-0.2, -0.15) is 9.97 Å². The Hall–Kier alpha value is -4.65. The second kappa shape index (κ2) is 13.2. The lowest BCUT2D eigenvalue weighted by molar-refractivity contribution is -0.132. The summed E-state index contributed by atoms with van der Waals surface area (Å²) in [6.45, 7) is 15.6. The number of para-hydroxylation sites is 1. The molecule has 0 radical (unpaired) electrons. The van der Waals surface area contributed by atoms with Gasteiger partial charge in [-0.3, -0.25) is 4.79 Å². The maximum Gasteiger partial charge on any atom is 0.242 e. The van der Waals surface area contributed by atoms with Crippen LogP contribution in [0.5, 0.6) is 5.75 Å². The molecule has 2 aromatic heterocycles. The third-order valence-electron chi connectivity index (χ3n) is 10.9. The number of carbonyl (C=O) groups is 1. The third kappa shape index (κ3) is 6.41. The van der Waals surface area contributed by atoms with Crippen LogP contribution in [0, 0.1) is 12.8 Å². The Kier molecular flexibility index (Phi) is 8.97. The van der Waals surface area contributed by atoms with Gasteiger partial charge >= 0.3 is 0 Å². The summed E-state index contributed by atoms with van der Waals surface area (Å²) in [6.07, 6.45) is 6.83. The monoisotopic (exact) mass is 712 g/mol. The molecular formula is C38H48N8O4S. The van der Waals surface area contributed by atoms with Crippen molar-refractivity contribution in [2.75, 3.05) is 29.0 Å². The first-order valence-corrected chi connectivity index (χ1v) is 19.4. The molecule has 0 spiro atoms. The molecule has 270 valence electrons. The number of imidazole rings is 1. The van der Waals surface area contributed by atoms with Gasteiger partial charge in [-0.05, 0) is 94.7 Å². The van der Waals surface area contributed by atoms with E-state index in [2.05, 4.69) is 53.8 Å². The van der Waals surface area contributed by atoms with Crippen molar-refractivity contribution in [3.63, 3.8) is 0 Å². The molecule has 13 heteroatoms. The van der Waals surface area contributed by atoms with E-state index < -0.39 is 15.1 Å². The fourth-order valence-electron chi connectivity index (χ4n) is 7.74. The molecule has 3 atom stereocenters. The lowest BCUT2D eigenvalue weighted by Crippen LogP contribution is -2.39. The molecule has 1 aliphatic carbocycles. The zero-order valence-corrected chi connectivity index (χ0v) is 31.2. The Labute approximate surface area is 300 Å². The second-order valence-electron chi connectivity index (χ2n) is 14.9. The first-order valence-electron chi connectivity index (χ1n) is 17.9. The smallest absolute Gasteiger partial charge is 0.242 e. The quantitative estimate of drug-likeness (QED) is 0.157. The van der Waals surface area contributed by atoms with Gasteiger partial charge < -0.3 is 30.2 Å².